The summed E-state index contributed by atoms with van der Waals surface area (Å²) in [7, 11) is 1.80. The van der Waals surface area contributed by atoms with E-state index < -0.39 is 0 Å². The maximum absolute atomic E-state index is 12.1. The average Bonchev–Trinajstić information content (AvgIpc) is 2.99. The Kier molecular flexibility index (Phi) is 4.20. The van der Waals surface area contributed by atoms with Crippen molar-refractivity contribution in [1.29, 1.82) is 0 Å². The molecule has 2 rings (SSSR count). The van der Waals surface area contributed by atoms with Gasteiger partial charge in [-0.05, 0) is 32.0 Å². The highest BCUT2D eigenvalue weighted by atomic mass is 16.3. The van der Waals surface area contributed by atoms with Crippen LogP contribution >= 0.6 is 0 Å². The van der Waals surface area contributed by atoms with Crippen LogP contribution in [0.15, 0.2) is 22.8 Å². The van der Waals surface area contributed by atoms with Crippen molar-refractivity contribution in [2.75, 3.05) is 13.6 Å². The predicted molar refractivity (Wildman–Crippen MR) is 65.4 cm³/mol. The summed E-state index contributed by atoms with van der Waals surface area (Å²) < 4.78 is 5.34. The molecule has 1 saturated carbocycles. The van der Waals surface area contributed by atoms with Gasteiger partial charge in [0.1, 0.15) is 5.76 Å². The van der Waals surface area contributed by atoms with E-state index in [9.17, 15) is 4.79 Å². The Balaban J connectivity index is 2.03. The van der Waals surface area contributed by atoms with Crippen LogP contribution in [0.4, 0.5) is 0 Å². The molecule has 0 unspecified atom stereocenters. The van der Waals surface area contributed by atoms with Gasteiger partial charge in [-0.1, -0.05) is 12.8 Å². The fourth-order valence-corrected chi connectivity index (χ4v) is 2.46. The van der Waals surface area contributed by atoms with Crippen LogP contribution in [-0.2, 0) is 11.3 Å². The number of rotatable bonds is 5. The Morgan fingerprint density at radius 3 is 2.88 bits per heavy atom. The number of carbonyl (C=O) groups excluding carboxylic acids is 1. The predicted octanol–water partition coefficient (Wildman–Crippen LogP) is 1.77. The number of furan rings is 1. The van der Waals surface area contributed by atoms with Gasteiger partial charge in [-0.3, -0.25) is 4.79 Å². The zero-order chi connectivity index (χ0) is 12.1. The van der Waals surface area contributed by atoms with E-state index in [-0.39, 0.29) is 5.91 Å². The molecule has 1 amide bonds. The van der Waals surface area contributed by atoms with Crippen LogP contribution in [0.25, 0.3) is 0 Å². The molecule has 4 nitrogen and oxygen atoms in total. The van der Waals surface area contributed by atoms with Gasteiger partial charge in [-0.25, -0.2) is 0 Å². The maximum Gasteiger partial charge on any atom is 0.237 e. The lowest BCUT2D eigenvalue weighted by atomic mass is 10.2. The largest absolute Gasteiger partial charge is 0.467 e. The highest BCUT2D eigenvalue weighted by Crippen LogP contribution is 2.25. The van der Waals surface area contributed by atoms with Crippen LogP contribution in [0.1, 0.15) is 31.4 Å². The Hall–Kier alpha value is -1.29. The zero-order valence-corrected chi connectivity index (χ0v) is 10.3. The second kappa shape index (κ2) is 5.87. The third kappa shape index (κ3) is 3.09. The number of amides is 1. The van der Waals surface area contributed by atoms with E-state index in [2.05, 4.69) is 5.32 Å². The van der Waals surface area contributed by atoms with Gasteiger partial charge in [0.05, 0.1) is 19.4 Å². The van der Waals surface area contributed by atoms with E-state index in [1.807, 2.05) is 17.0 Å². The smallest absolute Gasteiger partial charge is 0.237 e. The van der Waals surface area contributed by atoms with Gasteiger partial charge >= 0.3 is 0 Å². The summed E-state index contributed by atoms with van der Waals surface area (Å²) in [5.74, 6) is 1.03. The first-order valence-corrected chi connectivity index (χ1v) is 6.27. The second-order valence-electron chi connectivity index (χ2n) is 4.57. The molecule has 94 valence electrons. The summed E-state index contributed by atoms with van der Waals surface area (Å²) in [5, 5.41) is 2.93. The van der Waals surface area contributed by atoms with Crippen molar-refractivity contribution < 1.29 is 9.21 Å². The molecule has 0 aliphatic heterocycles. The van der Waals surface area contributed by atoms with Crippen molar-refractivity contribution in [3.63, 3.8) is 0 Å². The molecule has 1 aromatic rings. The summed E-state index contributed by atoms with van der Waals surface area (Å²) >= 11 is 0. The summed E-state index contributed by atoms with van der Waals surface area (Å²) in [6.07, 6.45) is 6.36. The normalized spacial score (nSPS) is 16.3. The van der Waals surface area contributed by atoms with Crippen molar-refractivity contribution in [3.8, 4) is 0 Å². The molecule has 17 heavy (non-hydrogen) atoms. The molecule has 1 heterocycles. The van der Waals surface area contributed by atoms with Gasteiger partial charge in [-0.2, -0.15) is 0 Å². The third-order valence-corrected chi connectivity index (χ3v) is 3.32. The molecule has 0 aromatic carbocycles. The van der Waals surface area contributed by atoms with E-state index in [1.54, 1.807) is 13.3 Å². The van der Waals surface area contributed by atoms with Crippen LogP contribution in [0.5, 0.6) is 0 Å². The summed E-state index contributed by atoms with van der Waals surface area (Å²) in [5.41, 5.74) is 0. The van der Waals surface area contributed by atoms with Crippen LogP contribution < -0.4 is 5.32 Å². The molecule has 0 saturated heterocycles. The van der Waals surface area contributed by atoms with Gasteiger partial charge in [0.15, 0.2) is 0 Å². The molecule has 0 bridgehead atoms. The molecule has 0 atom stereocenters. The first-order valence-electron chi connectivity index (χ1n) is 6.27. The Bertz CT molecular complexity index is 342. The highest BCUT2D eigenvalue weighted by molar-refractivity contribution is 5.78. The number of carbonyl (C=O) groups is 1. The van der Waals surface area contributed by atoms with E-state index in [4.69, 9.17) is 4.42 Å². The topological polar surface area (TPSA) is 45.5 Å². The summed E-state index contributed by atoms with van der Waals surface area (Å²) in [6, 6.07) is 4.18. The van der Waals surface area contributed by atoms with Crippen LogP contribution in [0, 0.1) is 0 Å². The van der Waals surface area contributed by atoms with E-state index in [1.165, 1.54) is 12.8 Å². The SMILES string of the molecule is CNCC(=O)N(Cc1ccco1)C1CCCC1. The minimum Gasteiger partial charge on any atom is -0.467 e. The van der Waals surface area contributed by atoms with Gasteiger partial charge in [0.2, 0.25) is 5.91 Å². The van der Waals surface area contributed by atoms with Crippen LogP contribution in [-0.4, -0.2) is 30.4 Å². The summed E-state index contributed by atoms with van der Waals surface area (Å²) in [6.45, 7) is 0.995. The first-order chi connectivity index (χ1) is 8.31. The molecule has 1 aliphatic rings. The van der Waals surface area contributed by atoms with Crippen molar-refractivity contribution in [2.45, 2.75) is 38.3 Å². The molecule has 0 radical (unpaired) electrons. The van der Waals surface area contributed by atoms with Crippen LogP contribution in [0.3, 0.4) is 0 Å². The van der Waals surface area contributed by atoms with E-state index in [0.29, 0.717) is 19.1 Å². The van der Waals surface area contributed by atoms with Crippen molar-refractivity contribution >= 4 is 5.91 Å². The third-order valence-electron chi connectivity index (χ3n) is 3.32. The first kappa shape index (κ1) is 12.2. The van der Waals surface area contributed by atoms with E-state index >= 15 is 0 Å². The number of hydrogen-bond acceptors (Lipinski definition) is 3. The number of nitrogens with one attached hydrogen (secondary N) is 1. The zero-order valence-electron chi connectivity index (χ0n) is 10.3. The molecule has 1 fully saturated rings. The quantitative estimate of drug-likeness (QED) is 0.847. The fourth-order valence-electron chi connectivity index (χ4n) is 2.46. The fraction of sp³-hybridized carbons (Fsp3) is 0.615. The molecule has 4 heteroatoms. The molecule has 1 aliphatic carbocycles. The van der Waals surface area contributed by atoms with Crippen LogP contribution in [0.2, 0.25) is 0 Å². The monoisotopic (exact) mass is 236 g/mol. The Labute approximate surface area is 102 Å². The maximum atomic E-state index is 12.1. The highest BCUT2D eigenvalue weighted by Gasteiger charge is 2.26. The van der Waals surface area contributed by atoms with Crippen molar-refractivity contribution in [1.82, 2.24) is 10.2 Å². The Morgan fingerprint density at radius 2 is 2.29 bits per heavy atom. The van der Waals surface area contributed by atoms with Gasteiger partial charge < -0.3 is 14.6 Å². The molecule has 1 N–H and O–H groups in total. The van der Waals surface area contributed by atoms with Gasteiger partial charge in [-0.15, -0.1) is 0 Å². The molecular formula is C13H20N2O2. The van der Waals surface area contributed by atoms with E-state index in [0.717, 1.165) is 18.6 Å². The number of hydrogen-bond donors (Lipinski definition) is 1. The second-order valence-corrected chi connectivity index (χ2v) is 4.57. The molecule has 0 spiro atoms. The number of nitrogens with zero attached hydrogens (tertiary/aromatic N) is 1. The summed E-state index contributed by atoms with van der Waals surface area (Å²) in [4.78, 5) is 14.0. The minimum absolute atomic E-state index is 0.163. The lowest BCUT2D eigenvalue weighted by Gasteiger charge is -2.28. The average molecular weight is 236 g/mol. The number of likely N-dealkylation sites (N-methyl/N-ethyl adjacent to an activating group) is 1. The lowest BCUT2D eigenvalue weighted by molar-refractivity contribution is -0.133. The van der Waals surface area contributed by atoms with Crippen molar-refractivity contribution in [2.24, 2.45) is 0 Å². The standard InChI is InChI=1S/C13H20N2O2/c1-14-9-13(16)15(11-5-2-3-6-11)10-12-7-4-8-17-12/h4,7-8,11,14H,2-3,5-6,9-10H2,1H3. The molecular weight excluding hydrogens is 216 g/mol. The lowest BCUT2D eigenvalue weighted by Crippen LogP contribution is -2.42. The minimum atomic E-state index is 0.163. The van der Waals surface area contributed by atoms with Crippen molar-refractivity contribution in [3.05, 3.63) is 24.2 Å². The Morgan fingerprint density at radius 1 is 1.53 bits per heavy atom. The molecule has 1 aromatic heterocycles. The van der Waals surface area contributed by atoms with Gasteiger partial charge in [0.25, 0.3) is 0 Å². The van der Waals surface area contributed by atoms with Gasteiger partial charge in [0, 0.05) is 6.04 Å².